The number of hydrogen-bond acceptors (Lipinski definition) is 15. The van der Waals surface area contributed by atoms with Gasteiger partial charge in [0.25, 0.3) is 0 Å². The third kappa shape index (κ3) is 74.7. The van der Waals surface area contributed by atoms with Gasteiger partial charge in [-0.3, -0.25) is 37.3 Å². The Bertz CT molecular complexity index is 1960. The van der Waals surface area contributed by atoms with Crippen molar-refractivity contribution in [1.29, 1.82) is 0 Å². The first-order valence-corrected chi connectivity index (χ1v) is 45.4. The van der Waals surface area contributed by atoms with Gasteiger partial charge in [0, 0.05) is 25.7 Å². The number of ether oxygens (including phenoxy) is 4. The molecule has 6 atom stereocenters. The highest BCUT2D eigenvalue weighted by Crippen LogP contribution is 2.45. The normalized spacial score (nSPS) is 14.2. The number of carbonyl (C=O) groups excluding carboxylic acids is 4. The molecule has 0 spiro atoms. The zero-order chi connectivity index (χ0) is 74.4. The molecule has 0 aliphatic heterocycles. The Hall–Kier alpha value is -1.94. The summed E-state index contributed by atoms with van der Waals surface area (Å²) in [5.74, 6) is 0.183. The summed E-state index contributed by atoms with van der Waals surface area (Å²) in [5.41, 5.74) is 0. The first kappa shape index (κ1) is 99.1. The van der Waals surface area contributed by atoms with Crippen LogP contribution in [-0.2, 0) is 65.4 Å². The monoisotopic (exact) mass is 1480 g/mol. The van der Waals surface area contributed by atoms with Crippen LogP contribution < -0.4 is 0 Å². The highest BCUT2D eigenvalue weighted by Gasteiger charge is 2.30. The van der Waals surface area contributed by atoms with Crippen LogP contribution in [0.15, 0.2) is 0 Å². The first-order chi connectivity index (χ1) is 48.8. The minimum Gasteiger partial charge on any atom is -0.462 e. The Kier molecular flexibility index (Phi) is 70.9. The van der Waals surface area contributed by atoms with E-state index in [4.69, 9.17) is 37.0 Å². The van der Waals surface area contributed by atoms with Crippen molar-refractivity contribution in [2.45, 2.75) is 446 Å². The molecule has 19 heteroatoms. The summed E-state index contributed by atoms with van der Waals surface area (Å²) in [5, 5.41) is 10.6. The zero-order valence-corrected chi connectivity index (χ0v) is 68.2. The lowest BCUT2D eigenvalue weighted by molar-refractivity contribution is -0.161. The van der Waals surface area contributed by atoms with E-state index in [2.05, 4.69) is 48.5 Å². The van der Waals surface area contributed by atoms with Crippen LogP contribution in [0.25, 0.3) is 0 Å². The second-order valence-corrected chi connectivity index (χ2v) is 33.6. The predicted octanol–water partition coefficient (Wildman–Crippen LogP) is 24.5. The summed E-state index contributed by atoms with van der Waals surface area (Å²) in [4.78, 5) is 73.0. The fourth-order valence-electron chi connectivity index (χ4n) is 12.6. The number of esters is 4. The van der Waals surface area contributed by atoms with Crippen LogP contribution in [-0.4, -0.2) is 96.7 Å². The Morgan fingerprint density at radius 3 is 0.752 bits per heavy atom. The Balaban J connectivity index is 5.22. The van der Waals surface area contributed by atoms with Crippen molar-refractivity contribution in [2.24, 2.45) is 17.8 Å². The van der Waals surface area contributed by atoms with Crippen molar-refractivity contribution < 1.29 is 80.2 Å². The molecule has 0 aliphatic carbocycles. The molecule has 17 nitrogen and oxygen atoms in total. The third-order valence-corrected chi connectivity index (χ3v) is 21.4. The van der Waals surface area contributed by atoms with Crippen molar-refractivity contribution in [3.05, 3.63) is 0 Å². The number of aliphatic hydroxyl groups excluding tert-OH is 1. The second kappa shape index (κ2) is 72.3. The zero-order valence-electron chi connectivity index (χ0n) is 66.4. The minimum absolute atomic E-state index is 0.105. The molecule has 3 unspecified atom stereocenters. The fraction of sp³-hybridized carbons (Fsp3) is 0.951. The third-order valence-electron chi connectivity index (χ3n) is 19.5. The van der Waals surface area contributed by atoms with Gasteiger partial charge in [0.1, 0.15) is 19.3 Å². The van der Waals surface area contributed by atoms with Crippen molar-refractivity contribution in [1.82, 2.24) is 0 Å². The van der Waals surface area contributed by atoms with E-state index in [1.807, 2.05) is 0 Å². The van der Waals surface area contributed by atoms with Crippen LogP contribution in [0.1, 0.15) is 427 Å². The van der Waals surface area contributed by atoms with Gasteiger partial charge in [-0.25, -0.2) is 9.13 Å². The van der Waals surface area contributed by atoms with Gasteiger partial charge in [0.05, 0.1) is 26.4 Å². The van der Waals surface area contributed by atoms with E-state index in [0.29, 0.717) is 25.7 Å². The molecule has 3 N–H and O–H groups in total. The van der Waals surface area contributed by atoms with Crippen LogP contribution in [0, 0.1) is 17.8 Å². The van der Waals surface area contributed by atoms with E-state index < -0.39 is 97.5 Å². The highest BCUT2D eigenvalue weighted by atomic mass is 31.2. The van der Waals surface area contributed by atoms with E-state index >= 15 is 0 Å². The topological polar surface area (TPSA) is 237 Å². The maximum Gasteiger partial charge on any atom is 0.472 e. The molecular weight excluding hydrogens is 1320 g/mol. The first-order valence-electron chi connectivity index (χ1n) is 42.4. The van der Waals surface area contributed by atoms with Crippen LogP contribution in [0.4, 0.5) is 0 Å². The quantitative estimate of drug-likeness (QED) is 0.0222. The number of hydrogen-bond donors (Lipinski definition) is 3. The van der Waals surface area contributed by atoms with Crippen molar-refractivity contribution in [2.75, 3.05) is 39.6 Å². The van der Waals surface area contributed by atoms with Crippen molar-refractivity contribution in [3.63, 3.8) is 0 Å². The maximum absolute atomic E-state index is 13.1. The minimum atomic E-state index is -4.96. The molecule has 0 radical (unpaired) electrons. The lowest BCUT2D eigenvalue weighted by Crippen LogP contribution is -2.30. The number of carbonyl (C=O) groups is 4. The molecule has 0 heterocycles. The van der Waals surface area contributed by atoms with Gasteiger partial charge in [-0.05, 0) is 43.4 Å². The smallest absolute Gasteiger partial charge is 0.462 e. The fourth-order valence-corrected chi connectivity index (χ4v) is 14.2. The largest absolute Gasteiger partial charge is 0.472 e. The van der Waals surface area contributed by atoms with Gasteiger partial charge in [0.2, 0.25) is 0 Å². The standard InChI is InChI=1S/C82H160O17P2/c1-8-10-11-12-13-14-15-16-17-18-19-20-21-22-23-24-25-30-35-44-51-58-65-81(86)98-77(69-92-79(84)63-56-49-42-34-29-27-26-28-32-39-46-53-60-73(3)4)71-96-100(88,89)94-67-76(83)68-95-101(90,91)97-72-78(99-82(87)66-59-52-45-36-31-33-40-47-54-61-74(5)6)70-93-80(85)64-57-50-43-38-37-41-48-55-62-75(7)9-2/h73-78,83H,8-72H2,1-7H3,(H,88,89)(H,90,91)/t75?,76-,77-,78-/m1/s1. The van der Waals surface area contributed by atoms with Gasteiger partial charge < -0.3 is 33.8 Å². The summed E-state index contributed by atoms with van der Waals surface area (Å²) in [6.45, 7) is 11.9. The lowest BCUT2D eigenvalue weighted by Gasteiger charge is -2.21. The summed E-state index contributed by atoms with van der Waals surface area (Å²) in [6.07, 6.45) is 61.2. The van der Waals surface area contributed by atoms with E-state index in [0.717, 1.165) is 108 Å². The predicted molar refractivity (Wildman–Crippen MR) is 414 cm³/mol. The second-order valence-electron chi connectivity index (χ2n) is 30.7. The maximum atomic E-state index is 13.1. The molecule has 600 valence electrons. The Morgan fingerprint density at radius 1 is 0.287 bits per heavy atom. The number of rotatable bonds is 80. The molecule has 0 rings (SSSR count). The van der Waals surface area contributed by atoms with Gasteiger partial charge in [-0.2, -0.15) is 0 Å². The molecule has 0 bridgehead atoms. The lowest BCUT2D eigenvalue weighted by atomic mass is 9.99. The summed E-state index contributed by atoms with van der Waals surface area (Å²) >= 11 is 0. The molecule has 0 saturated carbocycles. The Morgan fingerprint density at radius 2 is 0.505 bits per heavy atom. The van der Waals surface area contributed by atoms with Crippen LogP contribution in [0.5, 0.6) is 0 Å². The SMILES string of the molecule is CCCCCCCCCCCCCCCCCCCCCCCCC(=O)O[C@H](COC(=O)CCCCCCCCCCCCCCC(C)C)COP(=O)(O)OC[C@@H](O)COP(=O)(O)OC[C@@H](COC(=O)CCCCCCCCCCC(C)CC)OC(=O)CCCCCCCCCCCC(C)C. The number of phosphoric acid groups is 2. The molecule has 0 aromatic carbocycles. The van der Waals surface area contributed by atoms with Gasteiger partial charge in [-0.1, -0.05) is 376 Å². The molecule has 0 amide bonds. The van der Waals surface area contributed by atoms with Crippen LogP contribution in [0.2, 0.25) is 0 Å². The number of unbranched alkanes of at least 4 members (excludes halogenated alkanes) is 47. The summed E-state index contributed by atoms with van der Waals surface area (Å²) in [6, 6.07) is 0. The van der Waals surface area contributed by atoms with Crippen LogP contribution in [0.3, 0.4) is 0 Å². The van der Waals surface area contributed by atoms with Gasteiger partial charge in [0.15, 0.2) is 12.2 Å². The molecular formula is C82H160O17P2. The number of aliphatic hydroxyl groups is 1. The van der Waals surface area contributed by atoms with E-state index in [-0.39, 0.29) is 25.7 Å². The van der Waals surface area contributed by atoms with Gasteiger partial charge in [-0.15, -0.1) is 0 Å². The summed E-state index contributed by atoms with van der Waals surface area (Å²) < 4.78 is 68.7. The summed E-state index contributed by atoms with van der Waals surface area (Å²) in [7, 11) is -9.92. The highest BCUT2D eigenvalue weighted by molar-refractivity contribution is 7.47. The average Bonchev–Trinajstić information content (AvgIpc) is 0.956. The van der Waals surface area contributed by atoms with E-state index in [1.54, 1.807) is 0 Å². The van der Waals surface area contributed by atoms with Gasteiger partial charge >= 0.3 is 39.5 Å². The van der Waals surface area contributed by atoms with Crippen molar-refractivity contribution >= 4 is 39.5 Å². The Labute approximate surface area is 619 Å². The number of phosphoric ester groups is 2. The van der Waals surface area contributed by atoms with E-state index in [9.17, 15) is 43.2 Å². The molecule has 0 aromatic rings. The molecule has 101 heavy (non-hydrogen) atoms. The molecule has 0 fully saturated rings. The average molecular weight is 1480 g/mol. The van der Waals surface area contributed by atoms with Crippen LogP contribution >= 0.6 is 15.6 Å². The molecule has 0 saturated heterocycles. The van der Waals surface area contributed by atoms with Crippen molar-refractivity contribution in [3.8, 4) is 0 Å². The molecule has 0 aromatic heterocycles. The molecule has 0 aliphatic rings. The van der Waals surface area contributed by atoms with E-state index in [1.165, 1.54) is 238 Å².